The number of fused-ring (bicyclic) bond motifs is 1. The standard InChI is InChI=1S/C21H15ClN2O4S2/c1-12-2-9-18-19(10-12)29-20(23-18)13-3-5-14(6-4-13)24-30(27,28)15-7-8-17(22)16(11-15)21(25)26/h2-11,24H,1H3,(H,25,26). The number of rotatable bonds is 5. The van der Waals surface area contributed by atoms with Gasteiger partial charge in [-0.1, -0.05) is 17.7 Å². The van der Waals surface area contributed by atoms with Gasteiger partial charge in [0.25, 0.3) is 10.0 Å². The summed E-state index contributed by atoms with van der Waals surface area (Å²) in [6.45, 7) is 2.03. The third kappa shape index (κ3) is 4.02. The Balaban J connectivity index is 1.59. The van der Waals surface area contributed by atoms with E-state index in [1.165, 1.54) is 12.1 Å². The zero-order valence-corrected chi connectivity index (χ0v) is 18.0. The third-order valence-electron chi connectivity index (χ3n) is 4.41. The molecule has 3 aromatic carbocycles. The number of benzene rings is 3. The molecule has 0 saturated heterocycles. The number of aromatic carboxylic acids is 1. The summed E-state index contributed by atoms with van der Waals surface area (Å²) < 4.78 is 28.8. The predicted octanol–water partition coefficient (Wildman–Crippen LogP) is 5.42. The van der Waals surface area contributed by atoms with Gasteiger partial charge in [-0.2, -0.15) is 0 Å². The molecule has 2 N–H and O–H groups in total. The first-order chi connectivity index (χ1) is 14.2. The molecule has 9 heteroatoms. The van der Waals surface area contributed by atoms with Crippen LogP contribution in [0.4, 0.5) is 5.69 Å². The van der Waals surface area contributed by atoms with Crippen LogP contribution in [0.1, 0.15) is 15.9 Å². The van der Waals surface area contributed by atoms with Crippen molar-refractivity contribution >= 4 is 54.8 Å². The Morgan fingerprint density at radius 2 is 1.80 bits per heavy atom. The molecule has 0 aliphatic rings. The highest BCUT2D eigenvalue weighted by Gasteiger charge is 2.19. The SMILES string of the molecule is Cc1ccc2nc(-c3ccc(NS(=O)(=O)c4ccc(Cl)c(C(=O)O)c4)cc3)sc2c1. The van der Waals surface area contributed by atoms with Gasteiger partial charge in [0.1, 0.15) is 5.01 Å². The second kappa shape index (κ2) is 7.71. The number of anilines is 1. The summed E-state index contributed by atoms with van der Waals surface area (Å²) in [6.07, 6.45) is 0. The lowest BCUT2D eigenvalue weighted by molar-refractivity contribution is 0.0697. The van der Waals surface area contributed by atoms with E-state index in [0.29, 0.717) is 5.69 Å². The Morgan fingerprint density at radius 3 is 2.50 bits per heavy atom. The Labute approximate surface area is 181 Å². The van der Waals surface area contributed by atoms with Gasteiger partial charge in [0, 0.05) is 11.3 Å². The molecule has 4 rings (SSSR count). The van der Waals surface area contributed by atoms with Gasteiger partial charge in [0.15, 0.2) is 0 Å². The van der Waals surface area contributed by atoms with E-state index in [0.717, 1.165) is 32.4 Å². The van der Waals surface area contributed by atoms with Gasteiger partial charge in [-0.15, -0.1) is 11.3 Å². The average Bonchev–Trinajstić information content (AvgIpc) is 3.11. The first kappa shape index (κ1) is 20.3. The van der Waals surface area contributed by atoms with E-state index in [2.05, 4.69) is 15.8 Å². The smallest absolute Gasteiger partial charge is 0.337 e. The van der Waals surface area contributed by atoms with E-state index >= 15 is 0 Å². The van der Waals surface area contributed by atoms with Crippen LogP contribution in [-0.2, 0) is 10.0 Å². The van der Waals surface area contributed by atoms with Crippen LogP contribution in [-0.4, -0.2) is 24.5 Å². The Kier molecular flexibility index (Phi) is 5.23. The van der Waals surface area contributed by atoms with Gasteiger partial charge < -0.3 is 5.11 Å². The lowest BCUT2D eigenvalue weighted by atomic mass is 10.2. The van der Waals surface area contributed by atoms with Crippen LogP contribution in [0.25, 0.3) is 20.8 Å². The number of carboxylic acid groups (broad SMARTS) is 1. The van der Waals surface area contributed by atoms with Crippen LogP contribution < -0.4 is 4.72 Å². The molecule has 0 aliphatic heterocycles. The second-order valence-electron chi connectivity index (χ2n) is 6.62. The highest BCUT2D eigenvalue weighted by molar-refractivity contribution is 7.92. The van der Waals surface area contributed by atoms with Crippen molar-refractivity contribution < 1.29 is 18.3 Å². The van der Waals surface area contributed by atoms with Crippen LogP contribution in [0.5, 0.6) is 0 Å². The second-order valence-corrected chi connectivity index (χ2v) is 9.74. The summed E-state index contributed by atoms with van der Waals surface area (Å²) in [7, 11) is -3.97. The molecular weight excluding hydrogens is 444 g/mol. The van der Waals surface area contributed by atoms with Crippen molar-refractivity contribution in [1.82, 2.24) is 4.98 Å². The van der Waals surface area contributed by atoms with E-state index in [1.54, 1.807) is 35.6 Å². The maximum Gasteiger partial charge on any atom is 0.337 e. The van der Waals surface area contributed by atoms with Gasteiger partial charge in [-0.3, -0.25) is 4.72 Å². The number of hydrogen-bond donors (Lipinski definition) is 2. The fourth-order valence-corrected chi connectivity index (χ4v) is 5.24. The molecular formula is C21H15ClN2O4S2. The van der Waals surface area contributed by atoms with Gasteiger partial charge in [0.05, 0.1) is 25.7 Å². The summed E-state index contributed by atoms with van der Waals surface area (Å²) >= 11 is 7.38. The molecule has 0 radical (unpaired) electrons. The molecule has 30 heavy (non-hydrogen) atoms. The van der Waals surface area contributed by atoms with Gasteiger partial charge >= 0.3 is 5.97 Å². The quantitative estimate of drug-likeness (QED) is 0.416. The van der Waals surface area contributed by atoms with E-state index in [9.17, 15) is 13.2 Å². The summed E-state index contributed by atoms with van der Waals surface area (Å²) in [6, 6.07) is 16.4. The lowest BCUT2D eigenvalue weighted by Crippen LogP contribution is -2.14. The summed E-state index contributed by atoms with van der Waals surface area (Å²) in [4.78, 5) is 15.6. The molecule has 6 nitrogen and oxygen atoms in total. The number of nitrogens with zero attached hydrogens (tertiary/aromatic N) is 1. The van der Waals surface area contributed by atoms with Crippen molar-refractivity contribution in [2.75, 3.05) is 4.72 Å². The summed E-state index contributed by atoms with van der Waals surface area (Å²) in [5.74, 6) is -1.30. The number of aromatic nitrogens is 1. The molecule has 152 valence electrons. The minimum Gasteiger partial charge on any atom is -0.478 e. The van der Waals surface area contributed by atoms with Gasteiger partial charge in [-0.25, -0.2) is 18.2 Å². The number of nitrogens with one attached hydrogen (secondary N) is 1. The zero-order valence-electron chi connectivity index (χ0n) is 15.6. The van der Waals surface area contributed by atoms with E-state index in [4.69, 9.17) is 16.7 Å². The maximum atomic E-state index is 12.6. The Hall–Kier alpha value is -2.94. The molecule has 0 saturated carbocycles. The molecule has 0 atom stereocenters. The predicted molar refractivity (Wildman–Crippen MR) is 119 cm³/mol. The summed E-state index contributed by atoms with van der Waals surface area (Å²) in [5.41, 5.74) is 3.03. The molecule has 4 aromatic rings. The number of aryl methyl sites for hydroxylation is 1. The Morgan fingerprint density at radius 1 is 1.07 bits per heavy atom. The van der Waals surface area contributed by atoms with Crippen molar-refractivity contribution in [1.29, 1.82) is 0 Å². The maximum absolute atomic E-state index is 12.6. The highest BCUT2D eigenvalue weighted by atomic mass is 35.5. The van der Waals surface area contributed by atoms with E-state index in [-0.39, 0.29) is 15.5 Å². The first-order valence-corrected chi connectivity index (χ1v) is 11.4. The van der Waals surface area contributed by atoms with Gasteiger partial charge in [0.2, 0.25) is 0 Å². The molecule has 1 aromatic heterocycles. The molecule has 0 fully saturated rings. The van der Waals surface area contributed by atoms with Crippen LogP contribution >= 0.6 is 22.9 Å². The minimum absolute atomic E-state index is 0.0307. The number of carbonyl (C=O) groups is 1. The number of hydrogen-bond acceptors (Lipinski definition) is 5. The normalized spacial score (nSPS) is 11.5. The summed E-state index contributed by atoms with van der Waals surface area (Å²) in [5, 5.41) is 9.96. The number of halogens is 1. The number of carboxylic acids is 1. The molecule has 0 aliphatic carbocycles. The number of sulfonamides is 1. The minimum atomic E-state index is -3.97. The fourth-order valence-electron chi connectivity index (χ4n) is 2.89. The van der Waals surface area contributed by atoms with Crippen LogP contribution in [0.15, 0.2) is 65.6 Å². The molecule has 0 bridgehead atoms. The van der Waals surface area contributed by atoms with Gasteiger partial charge in [-0.05, 0) is 67.1 Å². The molecule has 0 spiro atoms. The van der Waals surface area contributed by atoms with Crippen molar-refractivity contribution in [2.45, 2.75) is 11.8 Å². The van der Waals surface area contributed by atoms with Crippen LogP contribution in [0.3, 0.4) is 0 Å². The van der Waals surface area contributed by atoms with Crippen molar-refractivity contribution in [2.24, 2.45) is 0 Å². The molecule has 0 amide bonds. The molecule has 0 unspecified atom stereocenters. The number of thiazole rings is 1. The monoisotopic (exact) mass is 458 g/mol. The van der Waals surface area contributed by atoms with Crippen molar-refractivity contribution in [3.05, 3.63) is 76.8 Å². The van der Waals surface area contributed by atoms with Crippen LogP contribution in [0.2, 0.25) is 5.02 Å². The lowest BCUT2D eigenvalue weighted by Gasteiger charge is -2.10. The Bertz CT molecular complexity index is 1380. The molecule has 1 heterocycles. The van der Waals surface area contributed by atoms with Crippen molar-refractivity contribution in [3.63, 3.8) is 0 Å². The van der Waals surface area contributed by atoms with E-state index in [1.807, 2.05) is 19.1 Å². The van der Waals surface area contributed by atoms with E-state index < -0.39 is 16.0 Å². The first-order valence-electron chi connectivity index (χ1n) is 8.76. The van der Waals surface area contributed by atoms with Crippen LogP contribution in [0, 0.1) is 6.92 Å². The zero-order chi connectivity index (χ0) is 21.5. The van der Waals surface area contributed by atoms with Crippen molar-refractivity contribution in [3.8, 4) is 10.6 Å². The average molecular weight is 459 g/mol. The topological polar surface area (TPSA) is 96.4 Å². The largest absolute Gasteiger partial charge is 0.478 e. The highest BCUT2D eigenvalue weighted by Crippen LogP contribution is 2.31. The third-order valence-corrected chi connectivity index (χ3v) is 7.18. The fraction of sp³-hybridized carbons (Fsp3) is 0.0476.